The van der Waals surface area contributed by atoms with Crippen molar-refractivity contribution in [3.05, 3.63) is 12.7 Å². The van der Waals surface area contributed by atoms with Crippen LogP contribution in [-0.2, 0) is 0 Å². The van der Waals surface area contributed by atoms with Crippen molar-refractivity contribution in [3.8, 4) is 6.07 Å². The Labute approximate surface area is 89.0 Å². The SMILES string of the molecule is C=CCC(CC#N)NC(C)[Si](C)(C)C. The van der Waals surface area contributed by atoms with E-state index in [1.54, 1.807) is 0 Å². The predicted molar refractivity (Wildman–Crippen MR) is 64.8 cm³/mol. The molecule has 2 nitrogen and oxygen atoms in total. The lowest BCUT2D eigenvalue weighted by Gasteiger charge is -2.29. The monoisotopic (exact) mass is 210 g/mol. The summed E-state index contributed by atoms with van der Waals surface area (Å²) in [5.41, 5.74) is 0.542. The molecule has 0 heterocycles. The zero-order valence-electron chi connectivity index (χ0n) is 9.80. The fourth-order valence-electron chi connectivity index (χ4n) is 1.13. The molecule has 0 aromatic heterocycles. The Bertz CT molecular complexity index is 212. The summed E-state index contributed by atoms with van der Waals surface area (Å²) in [6.07, 6.45) is 3.33. The molecular weight excluding hydrogens is 188 g/mol. The van der Waals surface area contributed by atoms with E-state index >= 15 is 0 Å². The van der Waals surface area contributed by atoms with Crippen LogP contribution >= 0.6 is 0 Å². The molecule has 0 amide bonds. The lowest BCUT2D eigenvalue weighted by atomic mass is 10.1. The van der Waals surface area contributed by atoms with Crippen molar-refractivity contribution in [2.24, 2.45) is 0 Å². The van der Waals surface area contributed by atoms with Crippen LogP contribution < -0.4 is 5.32 Å². The first kappa shape index (κ1) is 13.4. The third-order valence-corrected chi connectivity index (χ3v) is 5.34. The van der Waals surface area contributed by atoms with E-state index in [1.165, 1.54) is 0 Å². The highest BCUT2D eigenvalue weighted by Gasteiger charge is 2.24. The largest absolute Gasteiger partial charge is 0.313 e. The van der Waals surface area contributed by atoms with Crippen LogP contribution in [0.4, 0.5) is 0 Å². The fourth-order valence-corrected chi connectivity index (χ4v) is 1.86. The third-order valence-electron chi connectivity index (χ3n) is 2.57. The van der Waals surface area contributed by atoms with E-state index in [0.29, 0.717) is 12.1 Å². The van der Waals surface area contributed by atoms with Gasteiger partial charge in [-0.2, -0.15) is 5.26 Å². The van der Waals surface area contributed by atoms with E-state index in [-0.39, 0.29) is 6.04 Å². The predicted octanol–water partition coefficient (Wildman–Crippen LogP) is 2.70. The highest BCUT2D eigenvalue weighted by molar-refractivity contribution is 6.77. The van der Waals surface area contributed by atoms with Crippen LogP contribution in [0.1, 0.15) is 19.8 Å². The van der Waals surface area contributed by atoms with E-state index in [9.17, 15) is 0 Å². The number of hydrogen-bond donors (Lipinski definition) is 1. The van der Waals surface area contributed by atoms with Gasteiger partial charge in [-0.3, -0.25) is 0 Å². The molecule has 2 atom stereocenters. The Morgan fingerprint density at radius 3 is 2.43 bits per heavy atom. The van der Waals surface area contributed by atoms with Crippen LogP contribution in [0.25, 0.3) is 0 Å². The van der Waals surface area contributed by atoms with Gasteiger partial charge in [-0.15, -0.1) is 6.58 Å². The topological polar surface area (TPSA) is 35.8 Å². The van der Waals surface area contributed by atoms with Crippen LogP contribution in [0.15, 0.2) is 12.7 Å². The van der Waals surface area contributed by atoms with Crippen molar-refractivity contribution in [2.45, 2.75) is 51.1 Å². The molecule has 80 valence electrons. The molecule has 14 heavy (non-hydrogen) atoms. The maximum Gasteiger partial charge on any atom is 0.0638 e. The van der Waals surface area contributed by atoms with E-state index in [2.05, 4.69) is 44.5 Å². The first-order valence-corrected chi connectivity index (χ1v) is 8.73. The second-order valence-electron chi connectivity index (χ2n) is 4.84. The second-order valence-corrected chi connectivity index (χ2v) is 10.4. The molecule has 0 saturated heterocycles. The molecule has 0 saturated carbocycles. The van der Waals surface area contributed by atoms with Gasteiger partial charge in [0.25, 0.3) is 0 Å². The summed E-state index contributed by atoms with van der Waals surface area (Å²) in [4.78, 5) is 0. The molecule has 2 unspecified atom stereocenters. The molecule has 0 aromatic carbocycles. The van der Waals surface area contributed by atoms with Gasteiger partial charge in [-0.25, -0.2) is 0 Å². The molecule has 0 rings (SSSR count). The Morgan fingerprint density at radius 1 is 1.50 bits per heavy atom. The number of hydrogen-bond acceptors (Lipinski definition) is 2. The van der Waals surface area contributed by atoms with Crippen LogP contribution in [0.5, 0.6) is 0 Å². The maximum absolute atomic E-state index is 8.67. The number of rotatable bonds is 6. The summed E-state index contributed by atoms with van der Waals surface area (Å²) in [5, 5.41) is 12.2. The number of nitriles is 1. The minimum absolute atomic E-state index is 0.277. The van der Waals surface area contributed by atoms with E-state index in [4.69, 9.17) is 5.26 Å². The summed E-state index contributed by atoms with van der Waals surface area (Å²) < 4.78 is 0. The average molecular weight is 210 g/mol. The van der Waals surface area contributed by atoms with E-state index < -0.39 is 8.07 Å². The minimum Gasteiger partial charge on any atom is -0.313 e. The van der Waals surface area contributed by atoms with Gasteiger partial charge in [0.05, 0.1) is 20.6 Å². The van der Waals surface area contributed by atoms with Crippen LogP contribution in [0, 0.1) is 11.3 Å². The summed E-state index contributed by atoms with van der Waals surface area (Å²) >= 11 is 0. The van der Waals surface area contributed by atoms with Gasteiger partial charge in [0.2, 0.25) is 0 Å². The molecule has 0 aliphatic rings. The first-order valence-electron chi connectivity index (χ1n) is 5.15. The second kappa shape index (κ2) is 6.00. The quantitative estimate of drug-likeness (QED) is 0.540. The normalized spacial score (nSPS) is 15.6. The van der Waals surface area contributed by atoms with Crippen LogP contribution in [0.2, 0.25) is 19.6 Å². The van der Waals surface area contributed by atoms with Gasteiger partial charge < -0.3 is 5.32 Å². The molecule has 0 spiro atoms. The average Bonchev–Trinajstić information content (AvgIpc) is 2.03. The highest BCUT2D eigenvalue weighted by atomic mass is 28.3. The molecule has 0 aromatic rings. The lowest BCUT2D eigenvalue weighted by Crippen LogP contribution is -2.50. The van der Waals surface area contributed by atoms with Crippen LogP contribution in [-0.4, -0.2) is 19.8 Å². The Morgan fingerprint density at radius 2 is 2.07 bits per heavy atom. The minimum atomic E-state index is -1.14. The van der Waals surface area contributed by atoms with Crippen molar-refractivity contribution < 1.29 is 0 Å². The number of nitrogens with zero attached hydrogens (tertiary/aromatic N) is 1. The van der Waals surface area contributed by atoms with Gasteiger partial charge in [0.1, 0.15) is 0 Å². The Balaban J connectivity index is 4.16. The van der Waals surface area contributed by atoms with Crippen molar-refractivity contribution >= 4 is 8.07 Å². The molecule has 0 aliphatic heterocycles. The Kier molecular flexibility index (Phi) is 5.74. The van der Waals surface area contributed by atoms with Crippen LogP contribution in [0.3, 0.4) is 0 Å². The molecular formula is C11H22N2Si. The fraction of sp³-hybridized carbons (Fsp3) is 0.727. The molecule has 0 fully saturated rings. The maximum atomic E-state index is 8.67. The lowest BCUT2D eigenvalue weighted by molar-refractivity contribution is 0.509. The molecule has 1 N–H and O–H groups in total. The van der Waals surface area contributed by atoms with Crippen molar-refractivity contribution in [3.63, 3.8) is 0 Å². The summed E-state index contributed by atoms with van der Waals surface area (Å²) in [7, 11) is -1.14. The smallest absolute Gasteiger partial charge is 0.0638 e. The zero-order chi connectivity index (χ0) is 11.2. The first-order chi connectivity index (χ1) is 6.41. The molecule has 3 heteroatoms. The number of nitrogens with one attached hydrogen (secondary N) is 1. The summed E-state index contributed by atoms with van der Waals surface area (Å²) in [6.45, 7) is 12.9. The standard InChI is InChI=1S/C11H22N2Si/c1-6-7-11(8-9-12)13-10(2)14(3,4)5/h6,10-11,13H,1,7-8H2,2-5H3. The molecule has 0 bridgehead atoms. The van der Waals surface area contributed by atoms with Gasteiger partial charge in [0, 0.05) is 6.04 Å². The highest BCUT2D eigenvalue weighted by Crippen LogP contribution is 2.09. The third kappa shape index (κ3) is 5.20. The van der Waals surface area contributed by atoms with E-state index in [1.807, 2.05) is 6.08 Å². The van der Waals surface area contributed by atoms with Gasteiger partial charge in [0.15, 0.2) is 0 Å². The van der Waals surface area contributed by atoms with Crippen molar-refractivity contribution in [1.29, 1.82) is 5.26 Å². The van der Waals surface area contributed by atoms with Crippen molar-refractivity contribution in [1.82, 2.24) is 5.32 Å². The molecule has 0 radical (unpaired) electrons. The Hall–Kier alpha value is -0.593. The van der Waals surface area contributed by atoms with Gasteiger partial charge in [-0.1, -0.05) is 32.6 Å². The van der Waals surface area contributed by atoms with Gasteiger partial charge in [-0.05, 0) is 12.1 Å². The van der Waals surface area contributed by atoms with E-state index in [0.717, 1.165) is 6.42 Å². The summed E-state index contributed by atoms with van der Waals surface area (Å²) in [6, 6.07) is 2.49. The van der Waals surface area contributed by atoms with Gasteiger partial charge >= 0.3 is 0 Å². The van der Waals surface area contributed by atoms with Crippen molar-refractivity contribution in [2.75, 3.05) is 0 Å². The zero-order valence-corrected chi connectivity index (χ0v) is 10.8. The summed E-state index contributed by atoms with van der Waals surface area (Å²) in [5.74, 6) is 0. The molecule has 0 aliphatic carbocycles.